The first-order valence-electron chi connectivity index (χ1n) is 8.15. The molecule has 0 aliphatic carbocycles. The van der Waals surface area contributed by atoms with Gasteiger partial charge in [-0.25, -0.2) is 4.98 Å². The number of anilines is 3. The molecule has 5 nitrogen and oxygen atoms in total. The summed E-state index contributed by atoms with van der Waals surface area (Å²) in [7, 11) is 1.67. The first-order chi connectivity index (χ1) is 11.2. The Bertz CT molecular complexity index is 666. The number of nitrogens with one attached hydrogen (secondary N) is 1. The Morgan fingerprint density at radius 1 is 1.22 bits per heavy atom. The van der Waals surface area contributed by atoms with Crippen molar-refractivity contribution in [3.05, 3.63) is 36.0 Å². The Labute approximate surface area is 137 Å². The molecular formula is C18H24N4O. The van der Waals surface area contributed by atoms with Gasteiger partial charge < -0.3 is 15.0 Å². The highest BCUT2D eigenvalue weighted by atomic mass is 16.5. The SMILES string of the molecule is COc1ccc(C)cc1Nc1nccc(N2CCC(C)CC2)n1. The van der Waals surface area contributed by atoms with Gasteiger partial charge >= 0.3 is 0 Å². The summed E-state index contributed by atoms with van der Waals surface area (Å²) in [4.78, 5) is 11.3. The van der Waals surface area contributed by atoms with Crippen LogP contribution in [0.5, 0.6) is 5.75 Å². The van der Waals surface area contributed by atoms with Crippen LogP contribution in [0.15, 0.2) is 30.5 Å². The lowest BCUT2D eigenvalue weighted by atomic mass is 9.99. The number of methoxy groups -OCH3 is 1. The highest BCUT2D eigenvalue weighted by molar-refractivity contribution is 5.64. The number of aryl methyl sites for hydroxylation is 1. The number of nitrogens with zero attached hydrogens (tertiary/aromatic N) is 3. The summed E-state index contributed by atoms with van der Waals surface area (Å²) in [5, 5.41) is 3.28. The largest absolute Gasteiger partial charge is 0.495 e. The summed E-state index contributed by atoms with van der Waals surface area (Å²) >= 11 is 0. The average Bonchev–Trinajstić information content (AvgIpc) is 2.56. The van der Waals surface area contributed by atoms with E-state index in [1.165, 1.54) is 12.8 Å². The minimum atomic E-state index is 0.602. The third-order valence-corrected chi connectivity index (χ3v) is 4.35. The number of benzene rings is 1. The molecule has 1 aromatic carbocycles. The second kappa shape index (κ2) is 6.86. The van der Waals surface area contributed by atoms with Crippen molar-refractivity contribution in [2.75, 3.05) is 30.4 Å². The maximum Gasteiger partial charge on any atom is 0.229 e. The van der Waals surface area contributed by atoms with E-state index in [1.807, 2.05) is 30.5 Å². The molecule has 122 valence electrons. The summed E-state index contributed by atoms with van der Waals surface area (Å²) in [5.74, 6) is 3.18. The quantitative estimate of drug-likeness (QED) is 0.931. The van der Waals surface area contributed by atoms with Gasteiger partial charge in [-0.2, -0.15) is 4.98 Å². The molecule has 1 saturated heterocycles. The molecule has 0 saturated carbocycles. The Morgan fingerprint density at radius 2 is 2.00 bits per heavy atom. The molecule has 0 spiro atoms. The minimum Gasteiger partial charge on any atom is -0.495 e. The van der Waals surface area contributed by atoms with Crippen molar-refractivity contribution in [2.45, 2.75) is 26.7 Å². The highest BCUT2D eigenvalue weighted by Crippen LogP contribution is 2.28. The molecule has 1 fully saturated rings. The van der Waals surface area contributed by atoms with Gasteiger partial charge in [0, 0.05) is 19.3 Å². The van der Waals surface area contributed by atoms with Crippen molar-refractivity contribution >= 4 is 17.5 Å². The third kappa shape index (κ3) is 3.73. The van der Waals surface area contributed by atoms with E-state index in [9.17, 15) is 0 Å². The molecule has 2 aromatic rings. The number of hydrogen-bond acceptors (Lipinski definition) is 5. The number of aromatic nitrogens is 2. The number of rotatable bonds is 4. The Morgan fingerprint density at radius 3 is 2.74 bits per heavy atom. The predicted octanol–water partition coefficient (Wildman–Crippen LogP) is 3.77. The fourth-order valence-corrected chi connectivity index (χ4v) is 2.86. The van der Waals surface area contributed by atoms with E-state index in [2.05, 4.69) is 34.0 Å². The summed E-state index contributed by atoms with van der Waals surface area (Å²) in [6.45, 7) is 6.49. The standard InChI is InChI=1S/C18H24N4O/c1-13-7-10-22(11-8-13)17-6-9-19-18(21-17)20-15-12-14(2)4-5-16(15)23-3/h4-6,9,12-13H,7-8,10-11H2,1-3H3,(H,19,20,21). The second-order valence-electron chi connectivity index (χ2n) is 6.24. The number of hydrogen-bond donors (Lipinski definition) is 1. The van der Waals surface area contributed by atoms with Crippen LogP contribution in [0.4, 0.5) is 17.5 Å². The lowest BCUT2D eigenvalue weighted by Gasteiger charge is -2.31. The number of ether oxygens (including phenoxy) is 1. The van der Waals surface area contributed by atoms with Crippen LogP contribution in [0.3, 0.4) is 0 Å². The Balaban J connectivity index is 1.79. The molecule has 1 N–H and O–H groups in total. The fourth-order valence-electron chi connectivity index (χ4n) is 2.86. The van der Waals surface area contributed by atoms with E-state index in [-0.39, 0.29) is 0 Å². The molecule has 5 heteroatoms. The van der Waals surface area contributed by atoms with Gasteiger partial charge in [-0.05, 0) is 49.4 Å². The summed E-state index contributed by atoms with van der Waals surface area (Å²) in [5.41, 5.74) is 2.05. The molecule has 0 unspecified atom stereocenters. The van der Waals surface area contributed by atoms with Gasteiger partial charge in [-0.3, -0.25) is 0 Å². The zero-order valence-electron chi connectivity index (χ0n) is 14.0. The molecule has 0 radical (unpaired) electrons. The molecule has 0 atom stereocenters. The van der Waals surface area contributed by atoms with Crippen molar-refractivity contribution in [1.29, 1.82) is 0 Å². The van der Waals surface area contributed by atoms with Crippen LogP contribution >= 0.6 is 0 Å². The monoisotopic (exact) mass is 312 g/mol. The van der Waals surface area contributed by atoms with Crippen LogP contribution in [0.25, 0.3) is 0 Å². The highest BCUT2D eigenvalue weighted by Gasteiger charge is 2.17. The van der Waals surface area contributed by atoms with Crippen LogP contribution in [0.2, 0.25) is 0 Å². The van der Waals surface area contributed by atoms with E-state index in [4.69, 9.17) is 4.74 Å². The van der Waals surface area contributed by atoms with Gasteiger partial charge in [-0.1, -0.05) is 13.0 Å². The lowest BCUT2D eigenvalue weighted by molar-refractivity contribution is 0.416. The van der Waals surface area contributed by atoms with Crippen molar-refractivity contribution < 1.29 is 4.74 Å². The Kier molecular flexibility index (Phi) is 4.65. The van der Waals surface area contributed by atoms with Crippen LogP contribution in [-0.4, -0.2) is 30.2 Å². The maximum atomic E-state index is 5.40. The maximum absolute atomic E-state index is 5.40. The third-order valence-electron chi connectivity index (χ3n) is 4.35. The molecule has 1 aliphatic heterocycles. The van der Waals surface area contributed by atoms with E-state index in [1.54, 1.807) is 7.11 Å². The van der Waals surface area contributed by atoms with Gasteiger partial charge in [0.1, 0.15) is 11.6 Å². The summed E-state index contributed by atoms with van der Waals surface area (Å²) in [6, 6.07) is 8.00. The Hall–Kier alpha value is -2.30. The second-order valence-corrected chi connectivity index (χ2v) is 6.24. The molecular weight excluding hydrogens is 288 g/mol. The van der Waals surface area contributed by atoms with Crippen LogP contribution in [0, 0.1) is 12.8 Å². The lowest BCUT2D eigenvalue weighted by Crippen LogP contribution is -2.33. The summed E-state index contributed by atoms with van der Waals surface area (Å²) < 4.78 is 5.40. The van der Waals surface area contributed by atoms with Crippen LogP contribution < -0.4 is 15.0 Å². The zero-order chi connectivity index (χ0) is 16.2. The molecule has 0 amide bonds. The normalized spacial score (nSPS) is 15.5. The first-order valence-corrected chi connectivity index (χ1v) is 8.15. The van der Waals surface area contributed by atoms with E-state index >= 15 is 0 Å². The smallest absolute Gasteiger partial charge is 0.229 e. The van der Waals surface area contributed by atoms with Gasteiger partial charge in [0.25, 0.3) is 0 Å². The molecule has 23 heavy (non-hydrogen) atoms. The van der Waals surface area contributed by atoms with Gasteiger partial charge in [0.05, 0.1) is 12.8 Å². The fraction of sp³-hybridized carbons (Fsp3) is 0.444. The van der Waals surface area contributed by atoms with Crippen molar-refractivity contribution in [3.63, 3.8) is 0 Å². The average molecular weight is 312 g/mol. The number of piperidine rings is 1. The van der Waals surface area contributed by atoms with Gasteiger partial charge in [0.15, 0.2) is 0 Å². The van der Waals surface area contributed by atoms with Crippen molar-refractivity contribution in [3.8, 4) is 5.75 Å². The van der Waals surface area contributed by atoms with Crippen molar-refractivity contribution in [1.82, 2.24) is 9.97 Å². The van der Waals surface area contributed by atoms with Crippen molar-refractivity contribution in [2.24, 2.45) is 5.92 Å². The van der Waals surface area contributed by atoms with E-state index in [0.29, 0.717) is 5.95 Å². The summed E-state index contributed by atoms with van der Waals surface area (Å²) in [6.07, 6.45) is 4.25. The molecule has 1 aliphatic rings. The molecule has 2 heterocycles. The van der Waals surface area contributed by atoms with E-state index in [0.717, 1.165) is 41.8 Å². The first kappa shape index (κ1) is 15.6. The topological polar surface area (TPSA) is 50.3 Å². The van der Waals surface area contributed by atoms with Gasteiger partial charge in [-0.15, -0.1) is 0 Å². The van der Waals surface area contributed by atoms with Gasteiger partial charge in [0.2, 0.25) is 5.95 Å². The van der Waals surface area contributed by atoms with Crippen LogP contribution in [0.1, 0.15) is 25.3 Å². The molecule has 1 aromatic heterocycles. The zero-order valence-corrected chi connectivity index (χ0v) is 14.0. The minimum absolute atomic E-state index is 0.602. The predicted molar refractivity (Wildman–Crippen MR) is 93.7 cm³/mol. The molecule has 3 rings (SSSR count). The molecule has 0 bridgehead atoms. The van der Waals surface area contributed by atoms with Crippen LogP contribution in [-0.2, 0) is 0 Å². The van der Waals surface area contributed by atoms with E-state index < -0.39 is 0 Å².